The van der Waals surface area contributed by atoms with Gasteiger partial charge in [0, 0.05) is 37.0 Å². The van der Waals surface area contributed by atoms with Gasteiger partial charge in [-0.2, -0.15) is 5.10 Å². The van der Waals surface area contributed by atoms with Crippen molar-refractivity contribution in [1.82, 2.24) is 20.2 Å². The van der Waals surface area contributed by atoms with Crippen molar-refractivity contribution in [3.8, 4) is 11.3 Å². The van der Waals surface area contributed by atoms with Gasteiger partial charge < -0.3 is 15.2 Å². The van der Waals surface area contributed by atoms with Crippen LogP contribution >= 0.6 is 0 Å². The standard InChI is InChI=1S/C13H19N5O2/c1-3-19-11(20-4-2)5-10-12(9-6-17-18-7-9)15-8-16-13(10)14/h6-8,11H,3-5H2,1-2H3,(H,17,18)(H2,14,15,16). The van der Waals surface area contributed by atoms with E-state index in [2.05, 4.69) is 20.2 Å². The van der Waals surface area contributed by atoms with Crippen molar-refractivity contribution >= 4 is 5.82 Å². The molecule has 0 aliphatic rings. The fourth-order valence-electron chi connectivity index (χ4n) is 1.96. The second-order valence-corrected chi connectivity index (χ2v) is 4.12. The maximum atomic E-state index is 5.98. The predicted octanol–water partition coefficient (Wildman–Crippen LogP) is 1.39. The smallest absolute Gasteiger partial charge is 0.161 e. The summed E-state index contributed by atoms with van der Waals surface area (Å²) in [6, 6.07) is 0. The lowest BCUT2D eigenvalue weighted by Gasteiger charge is -2.18. The van der Waals surface area contributed by atoms with E-state index in [1.807, 2.05) is 13.8 Å². The molecule has 0 saturated carbocycles. The zero-order valence-electron chi connectivity index (χ0n) is 11.7. The molecule has 2 aromatic rings. The number of hydrogen-bond acceptors (Lipinski definition) is 6. The highest BCUT2D eigenvalue weighted by atomic mass is 16.7. The molecule has 2 rings (SSSR count). The van der Waals surface area contributed by atoms with Gasteiger partial charge in [0.25, 0.3) is 0 Å². The summed E-state index contributed by atoms with van der Waals surface area (Å²) in [5.74, 6) is 0.431. The maximum absolute atomic E-state index is 5.98. The fraction of sp³-hybridized carbons (Fsp3) is 0.462. The van der Waals surface area contributed by atoms with Crippen molar-refractivity contribution in [3.05, 3.63) is 24.3 Å². The molecule has 0 fully saturated rings. The Morgan fingerprint density at radius 2 is 2.00 bits per heavy atom. The van der Waals surface area contributed by atoms with Gasteiger partial charge in [-0.1, -0.05) is 0 Å². The van der Waals surface area contributed by atoms with Crippen LogP contribution in [-0.2, 0) is 15.9 Å². The van der Waals surface area contributed by atoms with E-state index in [1.54, 1.807) is 12.4 Å². The molecule has 0 unspecified atom stereocenters. The van der Waals surface area contributed by atoms with Gasteiger partial charge in [0.1, 0.15) is 12.1 Å². The fourth-order valence-corrected chi connectivity index (χ4v) is 1.96. The molecular formula is C13H19N5O2. The number of nitrogens with zero attached hydrogens (tertiary/aromatic N) is 3. The summed E-state index contributed by atoms with van der Waals surface area (Å²) in [4.78, 5) is 8.34. The van der Waals surface area contributed by atoms with E-state index in [0.29, 0.717) is 25.5 Å². The van der Waals surface area contributed by atoms with Gasteiger partial charge in [0.15, 0.2) is 6.29 Å². The first-order chi connectivity index (χ1) is 9.76. The molecule has 108 valence electrons. The molecule has 0 aliphatic heterocycles. The molecule has 0 bridgehead atoms. The number of nitrogens with one attached hydrogen (secondary N) is 1. The van der Waals surface area contributed by atoms with E-state index in [-0.39, 0.29) is 6.29 Å². The van der Waals surface area contributed by atoms with Gasteiger partial charge in [-0.25, -0.2) is 9.97 Å². The van der Waals surface area contributed by atoms with Crippen molar-refractivity contribution in [2.75, 3.05) is 18.9 Å². The summed E-state index contributed by atoms with van der Waals surface area (Å²) < 4.78 is 11.1. The number of anilines is 1. The number of nitrogen functional groups attached to an aromatic ring is 1. The van der Waals surface area contributed by atoms with Crippen LogP contribution in [-0.4, -0.2) is 39.7 Å². The van der Waals surface area contributed by atoms with Gasteiger partial charge in [-0.3, -0.25) is 5.10 Å². The topological polar surface area (TPSA) is 98.9 Å². The Hall–Kier alpha value is -1.99. The Bertz CT molecular complexity index is 524. The zero-order valence-corrected chi connectivity index (χ0v) is 11.7. The molecule has 3 N–H and O–H groups in total. The van der Waals surface area contributed by atoms with Crippen LogP contribution in [0.2, 0.25) is 0 Å². The van der Waals surface area contributed by atoms with Crippen LogP contribution in [0, 0.1) is 0 Å². The summed E-state index contributed by atoms with van der Waals surface area (Å²) in [5, 5.41) is 6.70. The van der Waals surface area contributed by atoms with E-state index in [4.69, 9.17) is 15.2 Å². The van der Waals surface area contributed by atoms with Crippen molar-refractivity contribution < 1.29 is 9.47 Å². The van der Waals surface area contributed by atoms with E-state index in [9.17, 15) is 0 Å². The van der Waals surface area contributed by atoms with Crippen LogP contribution in [0.4, 0.5) is 5.82 Å². The van der Waals surface area contributed by atoms with Crippen molar-refractivity contribution in [2.24, 2.45) is 0 Å². The van der Waals surface area contributed by atoms with E-state index in [0.717, 1.165) is 16.8 Å². The molecule has 7 heteroatoms. The van der Waals surface area contributed by atoms with E-state index < -0.39 is 0 Å². The summed E-state index contributed by atoms with van der Waals surface area (Å²) >= 11 is 0. The number of hydrogen-bond donors (Lipinski definition) is 2. The first-order valence-electron chi connectivity index (χ1n) is 6.57. The monoisotopic (exact) mass is 277 g/mol. The number of H-pyrrole nitrogens is 1. The third-order valence-corrected chi connectivity index (χ3v) is 2.83. The molecule has 20 heavy (non-hydrogen) atoms. The summed E-state index contributed by atoms with van der Waals surface area (Å²) in [7, 11) is 0. The molecule has 7 nitrogen and oxygen atoms in total. The number of aromatic amines is 1. The van der Waals surface area contributed by atoms with Crippen LogP contribution in [0.15, 0.2) is 18.7 Å². The maximum Gasteiger partial charge on any atom is 0.161 e. The molecule has 0 saturated heterocycles. The highest BCUT2D eigenvalue weighted by molar-refractivity contribution is 5.66. The minimum Gasteiger partial charge on any atom is -0.383 e. The molecule has 0 aliphatic carbocycles. The largest absolute Gasteiger partial charge is 0.383 e. The third-order valence-electron chi connectivity index (χ3n) is 2.83. The highest BCUT2D eigenvalue weighted by Gasteiger charge is 2.18. The number of ether oxygens (including phenoxy) is 2. The molecule has 0 radical (unpaired) electrons. The lowest BCUT2D eigenvalue weighted by atomic mass is 10.1. The van der Waals surface area contributed by atoms with Gasteiger partial charge in [0.05, 0.1) is 11.9 Å². The first kappa shape index (κ1) is 14.4. The van der Waals surface area contributed by atoms with Crippen molar-refractivity contribution in [3.63, 3.8) is 0 Å². The third kappa shape index (κ3) is 3.31. The van der Waals surface area contributed by atoms with Gasteiger partial charge in [-0.15, -0.1) is 0 Å². The van der Waals surface area contributed by atoms with Gasteiger partial charge in [0.2, 0.25) is 0 Å². The highest BCUT2D eigenvalue weighted by Crippen LogP contribution is 2.25. The first-order valence-corrected chi connectivity index (χ1v) is 6.57. The molecule has 0 atom stereocenters. The van der Waals surface area contributed by atoms with Gasteiger partial charge in [-0.05, 0) is 13.8 Å². The minimum absolute atomic E-state index is 0.357. The van der Waals surface area contributed by atoms with Crippen LogP contribution in [0.1, 0.15) is 19.4 Å². The molecule has 0 amide bonds. The Kier molecular flexibility index (Phi) is 5.03. The van der Waals surface area contributed by atoms with E-state index in [1.165, 1.54) is 6.33 Å². The lowest BCUT2D eigenvalue weighted by molar-refractivity contribution is -0.134. The Balaban J connectivity index is 2.30. The van der Waals surface area contributed by atoms with Crippen molar-refractivity contribution in [2.45, 2.75) is 26.6 Å². The number of rotatable bonds is 7. The average molecular weight is 277 g/mol. The number of nitrogens with two attached hydrogens (primary N) is 1. The Morgan fingerprint density at radius 1 is 1.25 bits per heavy atom. The predicted molar refractivity (Wildman–Crippen MR) is 74.8 cm³/mol. The summed E-state index contributed by atoms with van der Waals surface area (Å²) in [6.45, 7) is 4.99. The molecule has 0 spiro atoms. The summed E-state index contributed by atoms with van der Waals surface area (Å²) in [6.07, 6.45) is 5.04. The van der Waals surface area contributed by atoms with Crippen LogP contribution in [0.5, 0.6) is 0 Å². The zero-order chi connectivity index (χ0) is 14.4. The van der Waals surface area contributed by atoms with Crippen molar-refractivity contribution in [1.29, 1.82) is 0 Å². The summed E-state index contributed by atoms with van der Waals surface area (Å²) in [5.41, 5.74) is 8.39. The van der Waals surface area contributed by atoms with Crippen LogP contribution < -0.4 is 5.73 Å². The van der Waals surface area contributed by atoms with E-state index >= 15 is 0 Å². The van der Waals surface area contributed by atoms with Crippen LogP contribution in [0.3, 0.4) is 0 Å². The Labute approximate surface area is 117 Å². The average Bonchev–Trinajstić information content (AvgIpc) is 2.95. The Morgan fingerprint density at radius 3 is 2.60 bits per heavy atom. The molecule has 2 aromatic heterocycles. The molecular weight excluding hydrogens is 258 g/mol. The number of aromatic nitrogens is 4. The molecule has 2 heterocycles. The van der Waals surface area contributed by atoms with Gasteiger partial charge >= 0.3 is 0 Å². The SMILES string of the molecule is CCOC(Cc1c(N)ncnc1-c1cn[nH]c1)OCC. The second-order valence-electron chi connectivity index (χ2n) is 4.12. The lowest BCUT2D eigenvalue weighted by Crippen LogP contribution is -2.21. The normalized spacial score (nSPS) is 11.2. The molecule has 0 aromatic carbocycles. The quantitative estimate of drug-likeness (QED) is 0.742. The van der Waals surface area contributed by atoms with Crippen LogP contribution in [0.25, 0.3) is 11.3 Å². The second kappa shape index (κ2) is 6.97. The minimum atomic E-state index is -0.357.